The molecular weight excluding hydrogens is 232 g/mol. The maximum atomic E-state index is 5.57. The number of halogens is 1. The van der Waals surface area contributed by atoms with Crippen molar-refractivity contribution in [3.63, 3.8) is 0 Å². The summed E-state index contributed by atoms with van der Waals surface area (Å²) in [5.74, 6) is 0.457. The van der Waals surface area contributed by atoms with Gasteiger partial charge in [0.15, 0.2) is 5.82 Å². The summed E-state index contributed by atoms with van der Waals surface area (Å²) in [7, 11) is 0. The van der Waals surface area contributed by atoms with Crippen molar-refractivity contribution in [1.29, 1.82) is 0 Å². The molecule has 0 radical (unpaired) electrons. The smallest absolute Gasteiger partial charge is 0.160 e. The summed E-state index contributed by atoms with van der Waals surface area (Å²) in [6.07, 6.45) is 3.47. The van der Waals surface area contributed by atoms with Crippen LogP contribution >= 0.6 is 15.9 Å². The summed E-state index contributed by atoms with van der Waals surface area (Å²) in [6, 6.07) is 3.80. The van der Waals surface area contributed by atoms with Gasteiger partial charge in [-0.25, -0.2) is 0 Å². The van der Waals surface area contributed by atoms with Crippen LogP contribution in [-0.2, 0) is 0 Å². The molecule has 0 saturated carbocycles. The molecule has 0 unspecified atom stereocenters. The highest BCUT2D eigenvalue weighted by Gasteiger charge is 2.08. The van der Waals surface area contributed by atoms with Gasteiger partial charge in [-0.1, -0.05) is 0 Å². The summed E-state index contributed by atoms with van der Waals surface area (Å²) in [6.45, 7) is 0. The largest absolute Gasteiger partial charge is 0.381 e. The van der Waals surface area contributed by atoms with E-state index in [2.05, 4.69) is 31.1 Å². The predicted octanol–water partition coefficient (Wildman–Crippen LogP) is 1.82. The van der Waals surface area contributed by atoms with Crippen LogP contribution in [0.25, 0.3) is 11.3 Å². The molecule has 66 valence electrons. The van der Waals surface area contributed by atoms with Crippen LogP contribution in [-0.4, -0.2) is 15.2 Å². The molecule has 2 heterocycles. The van der Waals surface area contributed by atoms with Crippen molar-refractivity contribution in [2.24, 2.45) is 0 Å². The Labute approximate surface area is 83.3 Å². The highest BCUT2D eigenvalue weighted by Crippen LogP contribution is 2.29. The number of aromatic amines is 1. The normalized spacial score (nSPS) is 10.2. The quantitative estimate of drug-likeness (QED) is 0.797. The topological polar surface area (TPSA) is 67.6 Å². The Balaban J connectivity index is 2.53. The van der Waals surface area contributed by atoms with Crippen LogP contribution < -0.4 is 5.73 Å². The van der Waals surface area contributed by atoms with Gasteiger partial charge in [0.05, 0.1) is 10.2 Å². The molecule has 0 atom stereocenters. The highest BCUT2D eigenvalue weighted by atomic mass is 79.9. The van der Waals surface area contributed by atoms with Crippen molar-refractivity contribution in [2.75, 3.05) is 5.73 Å². The van der Waals surface area contributed by atoms with E-state index in [1.807, 2.05) is 12.1 Å². The number of pyridine rings is 1. The molecule has 0 spiro atoms. The first-order valence-electron chi connectivity index (χ1n) is 3.69. The van der Waals surface area contributed by atoms with E-state index in [1.165, 1.54) is 0 Å². The fourth-order valence-electron chi connectivity index (χ4n) is 1.04. The van der Waals surface area contributed by atoms with Gasteiger partial charge < -0.3 is 5.73 Å². The fourth-order valence-corrected chi connectivity index (χ4v) is 1.45. The summed E-state index contributed by atoms with van der Waals surface area (Å²) in [5.41, 5.74) is 7.38. The number of rotatable bonds is 1. The average Bonchev–Trinajstić information content (AvgIpc) is 2.49. The molecule has 0 bridgehead atoms. The van der Waals surface area contributed by atoms with Gasteiger partial charge in [-0.2, -0.15) is 5.10 Å². The third-order valence-corrected chi connectivity index (χ3v) is 2.49. The van der Waals surface area contributed by atoms with Gasteiger partial charge in [0, 0.05) is 18.0 Å². The summed E-state index contributed by atoms with van der Waals surface area (Å²) < 4.78 is 0.778. The van der Waals surface area contributed by atoms with Crippen LogP contribution in [0.1, 0.15) is 0 Å². The molecule has 0 amide bonds. The van der Waals surface area contributed by atoms with E-state index in [9.17, 15) is 0 Å². The third-order valence-electron chi connectivity index (χ3n) is 1.68. The van der Waals surface area contributed by atoms with Crippen molar-refractivity contribution in [2.45, 2.75) is 0 Å². The highest BCUT2D eigenvalue weighted by molar-refractivity contribution is 9.10. The van der Waals surface area contributed by atoms with E-state index < -0.39 is 0 Å². The first kappa shape index (κ1) is 8.25. The fraction of sp³-hybridized carbons (Fsp3) is 0. The van der Waals surface area contributed by atoms with Gasteiger partial charge in [0.2, 0.25) is 0 Å². The average molecular weight is 239 g/mol. The zero-order valence-corrected chi connectivity index (χ0v) is 8.25. The first-order chi connectivity index (χ1) is 6.29. The van der Waals surface area contributed by atoms with Crippen LogP contribution in [0.5, 0.6) is 0 Å². The van der Waals surface area contributed by atoms with Crippen molar-refractivity contribution < 1.29 is 0 Å². The number of aromatic nitrogens is 3. The number of anilines is 1. The second kappa shape index (κ2) is 3.18. The van der Waals surface area contributed by atoms with Crippen molar-refractivity contribution in [1.82, 2.24) is 15.2 Å². The van der Waals surface area contributed by atoms with Crippen LogP contribution in [0.4, 0.5) is 5.82 Å². The molecular formula is C8H7BrN4. The van der Waals surface area contributed by atoms with Crippen molar-refractivity contribution >= 4 is 21.7 Å². The van der Waals surface area contributed by atoms with Gasteiger partial charge in [-0.3, -0.25) is 10.1 Å². The third kappa shape index (κ3) is 1.42. The van der Waals surface area contributed by atoms with Crippen LogP contribution in [0.3, 0.4) is 0 Å². The number of hydrogen-bond donors (Lipinski definition) is 2. The lowest BCUT2D eigenvalue weighted by atomic mass is 10.2. The van der Waals surface area contributed by atoms with Gasteiger partial charge in [-0.15, -0.1) is 0 Å². The lowest BCUT2D eigenvalue weighted by Gasteiger charge is -1.95. The molecule has 4 nitrogen and oxygen atoms in total. The number of H-pyrrole nitrogens is 1. The second-order valence-electron chi connectivity index (χ2n) is 2.54. The molecule has 0 aliphatic rings. The van der Waals surface area contributed by atoms with E-state index in [4.69, 9.17) is 5.73 Å². The Bertz CT molecular complexity index is 409. The minimum atomic E-state index is 0.457. The summed E-state index contributed by atoms with van der Waals surface area (Å²) >= 11 is 3.34. The van der Waals surface area contributed by atoms with Crippen LogP contribution in [0, 0.1) is 0 Å². The number of nitrogen functional groups attached to an aromatic ring is 1. The molecule has 0 saturated heterocycles. The molecule has 0 fully saturated rings. The Morgan fingerprint density at radius 2 is 2.31 bits per heavy atom. The zero-order valence-electron chi connectivity index (χ0n) is 6.66. The first-order valence-corrected chi connectivity index (χ1v) is 4.48. The Morgan fingerprint density at radius 1 is 1.46 bits per heavy atom. The van der Waals surface area contributed by atoms with E-state index in [-0.39, 0.29) is 0 Å². The van der Waals surface area contributed by atoms with E-state index >= 15 is 0 Å². The summed E-state index contributed by atoms with van der Waals surface area (Å²) in [5, 5.41) is 6.70. The van der Waals surface area contributed by atoms with Gasteiger partial charge in [0.25, 0.3) is 0 Å². The molecule has 2 aromatic rings. The molecule has 0 aliphatic carbocycles. The SMILES string of the molecule is Nc1n[nH]c(-c2cccnc2)c1Br. The number of nitrogens with two attached hydrogens (primary N) is 1. The number of nitrogens with one attached hydrogen (secondary N) is 1. The maximum absolute atomic E-state index is 5.57. The molecule has 0 aromatic carbocycles. The maximum Gasteiger partial charge on any atom is 0.160 e. The molecule has 5 heteroatoms. The standard InChI is InChI=1S/C8H7BrN4/c9-6-7(12-13-8(6)10)5-2-1-3-11-4-5/h1-4H,(H3,10,12,13). The lowest BCUT2D eigenvalue weighted by Crippen LogP contribution is -1.83. The molecule has 13 heavy (non-hydrogen) atoms. The lowest BCUT2D eigenvalue weighted by molar-refractivity contribution is 1.10. The molecule has 2 rings (SSSR count). The Morgan fingerprint density at radius 3 is 2.85 bits per heavy atom. The zero-order chi connectivity index (χ0) is 9.26. The van der Waals surface area contributed by atoms with E-state index in [0.717, 1.165) is 15.7 Å². The van der Waals surface area contributed by atoms with Crippen molar-refractivity contribution in [3.8, 4) is 11.3 Å². The Kier molecular flexibility index (Phi) is 2.02. The Hall–Kier alpha value is -1.36. The number of hydrogen-bond acceptors (Lipinski definition) is 3. The van der Waals surface area contributed by atoms with Gasteiger partial charge >= 0.3 is 0 Å². The van der Waals surface area contributed by atoms with Gasteiger partial charge in [-0.05, 0) is 28.1 Å². The minimum Gasteiger partial charge on any atom is -0.381 e. The minimum absolute atomic E-state index is 0.457. The van der Waals surface area contributed by atoms with Crippen LogP contribution in [0.15, 0.2) is 29.0 Å². The van der Waals surface area contributed by atoms with Crippen molar-refractivity contribution in [3.05, 3.63) is 29.0 Å². The molecule has 3 N–H and O–H groups in total. The van der Waals surface area contributed by atoms with Gasteiger partial charge in [0.1, 0.15) is 0 Å². The van der Waals surface area contributed by atoms with Crippen LogP contribution in [0.2, 0.25) is 0 Å². The summed E-state index contributed by atoms with van der Waals surface area (Å²) in [4.78, 5) is 4.00. The molecule has 0 aliphatic heterocycles. The second-order valence-corrected chi connectivity index (χ2v) is 3.33. The number of nitrogens with zero attached hydrogens (tertiary/aromatic N) is 2. The predicted molar refractivity (Wildman–Crippen MR) is 53.9 cm³/mol. The molecule has 2 aromatic heterocycles. The van der Waals surface area contributed by atoms with E-state index in [1.54, 1.807) is 12.4 Å². The van der Waals surface area contributed by atoms with E-state index in [0.29, 0.717) is 5.82 Å². The monoisotopic (exact) mass is 238 g/mol.